The summed E-state index contributed by atoms with van der Waals surface area (Å²) in [5.74, 6) is 0. The third kappa shape index (κ3) is 3.47. The molecule has 1 aromatic rings. The van der Waals surface area contributed by atoms with Crippen LogP contribution < -0.4 is 10.6 Å². The maximum atomic E-state index is 8.89. The van der Waals surface area contributed by atoms with Gasteiger partial charge in [0.15, 0.2) is 0 Å². The third-order valence-corrected chi connectivity index (χ3v) is 2.99. The molecule has 0 unspecified atom stereocenters. The molecule has 3 nitrogen and oxygen atoms in total. The van der Waals surface area contributed by atoms with Crippen molar-refractivity contribution in [2.24, 2.45) is 11.1 Å². The van der Waals surface area contributed by atoms with Gasteiger partial charge in [0.2, 0.25) is 0 Å². The second-order valence-electron chi connectivity index (χ2n) is 5.34. The van der Waals surface area contributed by atoms with E-state index < -0.39 is 0 Å². The fourth-order valence-electron chi connectivity index (χ4n) is 1.81. The highest BCUT2D eigenvalue weighted by Gasteiger charge is 2.18. The van der Waals surface area contributed by atoms with E-state index >= 15 is 0 Å². The molecule has 0 fully saturated rings. The largest absolute Gasteiger partial charge is 0.374 e. The number of anilines is 1. The fraction of sp³-hybridized carbons (Fsp3) is 0.500. The summed E-state index contributed by atoms with van der Waals surface area (Å²) in [6, 6.07) is 8.08. The summed E-state index contributed by atoms with van der Waals surface area (Å²) in [7, 11) is 2.05. The second-order valence-corrected chi connectivity index (χ2v) is 5.34. The molecule has 3 heteroatoms. The Bertz CT molecular complexity index is 430. The van der Waals surface area contributed by atoms with E-state index in [9.17, 15) is 0 Å². The topological polar surface area (TPSA) is 53.0 Å². The van der Waals surface area contributed by atoms with E-state index in [0.717, 1.165) is 23.4 Å². The van der Waals surface area contributed by atoms with Crippen molar-refractivity contribution in [2.75, 3.05) is 25.0 Å². The molecule has 2 N–H and O–H groups in total. The van der Waals surface area contributed by atoms with E-state index in [1.54, 1.807) is 0 Å². The minimum atomic E-state index is 0.0938. The molecule has 0 aliphatic carbocycles. The summed E-state index contributed by atoms with van der Waals surface area (Å²) in [6.07, 6.45) is 0. The number of nitriles is 1. The lowest BCUT2D eigenvalue weighted by Crippen LogP contribution is -2.36. The van der Waals surface area contributed by atoms with Gasteiger partial charge in [-0.1, -0.05) is 13.8 Å². The van der Waals surface area contributed by atoms with Crippen LogP contribution in [0.2, 0.25) is 0 Å². The van der Waals surface area contributed by atoms with Crippen molar-refractivity contribution in [3.8, 4) is 6.07 Å². The average Bonchev–Trinajstić information content (AvgIpc) is 2.28. The lowest BCUT2D eigenvalue weighted by atomic mass is 9.93. The Kier molecular flexibility index (Phi) is 4.14. The SMILES string of the molecule is Cc1cc(N(C)CC(C)(C)CN)ccc1C#N. The Morgan fingerprint density at radius 2 is 2.06 bits per heavy atom. The van der Waals surface area contributed by atoms with Crippen LogP contribution in [0.3, 0.4) is 0 Å². The van der Waals surface area contributed by atoms with Crippen molar-refractivity contribution in [1.29, 1.82) is 5.26 Å². The molecule has 0 spiro atoms. The number of nitrogens with two attached hydrogens (primary N) is 1. The molecule has 0 saturated heterocycles. The van der Waals surface area contributed by atoms with Crippen molar-refractivity contribution < 1.29 is 0 Å². The molecule has 0 aromatic heterocycles. The molecule has 92 valence electrons. The molecule has 0 aliphatic rings. The number of rotatable bonds is 4. The van der Waals surface area contributed by atoms with Crippen molar-refractivity contribution in [3.63, 3.8) is 0 Å². The molecule has 0 amide bonds. The van der Waals surface area contributed by atoms with Gasteiger partial charge >= 0.3 is 0 Å². The summed E-state index contributed by atoms with van der Waals surface area (Å²) in [4.78, 5) is 2.18. The van der Waals surface area contributed by atoms with Crippen LogP contribution in [0.25, 0.3) is 0 Å². The van der Waals surface area contributed by atoms with Gasteiger partial charge < -0.3 is 10.6 Å². The number of aryl methyl sites for hydroxylation is 1. The Morgan fingerprint density at radius 3 is 2.53 bits per heavy atom. The molecular formula is C14H21N3. The van der Waals surface area contributed by atoms with Gasteiger partial charge in [0.25, 0.3) is 0 Å². The van der Waals surface area contributed by atoms with Crippen molar-refractivity contribution in [2.45, 2.75) is 20.8 Å². The summed E-state index contributed by atoms with van der Waals surface area (Å²) in [5.41, 5.74) is 8.71. The van der Waals surface area contributed by atoms with Crippen LogP contribution >= 0.6 is 0 Å². The monoisotopic (exact) mass is 231 g/mol. The first-order chi connectivity index (χ1) is 7.89. The van der Waals surface area contributed by atoms with Gasteiger partial charge in [0, 0.05) is 19.3 Å². The first-order valence-corrected chi connectivity index (χ1v) is 5.81. The summed E-state index contributed by atoms with van der Waals surface area (Å²) >= 11 is 0. The molecule has 0 aliphatic heterocycles. The number of benzene rings is 1. The summed E-state index contributed by atoms with van der Waals surface area (Å²) in [5, 5.41) is 8.89. The Morgan fingerprint density at radius 1 is 1.41 bits per heavy atom. The second kappa shape index (κ2) is 5.20. The zero-order chi connectivity index (χ0) is 13.1. The average molecular weight is 231 g/mol. The van der Waals surface area contributed by atoms with Crippen LogP contribution in [-0.2, 0) is 0 Å². The zero-order valence-corrected chi connectivity index (χ0v) is 11.1. The predicted octanol–water partition coefficient (Wildman–Crippen LogP) is 2.29. The molecule has 17 heavy (non-hydrogen) atoms. The molecule has 0 radical (unpaired) electrons. The van der Waals surface area contributed by atoms with Gasteiger partial charge in [0.05, 0.1) is 11.6 Å². The van der Waals surface area contributed by atoms with E-state index in [-0.39, 0.29) is 5.41 Å². The van der Waals surface area contributed by atoms with Gasteiger partial charge in [-0.05, 0) is 42.6 Å². The minimum absolute atomic E-state index is 0.0938. The van der Waals surface area contributed by atoms with Crippen LogP contribution in [0.4, 0.5) is 5.69 Å². The van der Waals surface area contributed by atoms with E-state index in [0.29, 0.717) is 6.54 Å². The highest BCUT2D eigenvalue weighted by atomic mass is 15.1. The first kappa shape index (κ1) is 13.5. The van der Waals surface area contributed by atoms with Gasteiger partial charge in [-0.15, -0.1) is 0 Å². The standard InChI is InChI=1S/C14H21N3/c1-11-7-13(6-5-12(11)8-15)17(4)10-14(2,3)9-16/h5-7H,9-10,16H2,1-4H3. The van der Waals surface area contributed by atoms with Crippen LogP contribution in [0.5, 0.6) is 0 Å². The number of nitrogens with zero attached hydrogens (tertiary/aromatic N) is 2. The van der Waals surface area contributed by atoms with Crippen LogP contribution in [0.1, 0.15) is 25.0 Å². The molecule has 0 saturated carbocycles. The highest BCUT2D eigenvalue weighted by Crippen LogP contribution is 2.22. The van der Waals surface area contributed by atoms with Crippen molar-refractivity contribution in [3.05, 3.63) is 29.3 Å². The Hall–Kier alpha value is -1.53. The molecule has 0 bridgehead atoms. The maximum Gasteiger partial charge on any atom is 0.0994 e. The number of hydrogen-bond acceptors (Lipinski definition) is 3. The van der Waals surface area contributed by atoms with Crippen LogP contribution in [-0.4, -0.2) is 20.1 Å². The molecule has 0 heterocycles. The van der Waals surface area contributed by atoms with E-state index in [1.807, 2.05) is 25.1 Å². The van der Waals surface area contributed by atoms with Crippen LogP contribution in [0.15, 0.2) is 18.2 Å². The predicted molar refractivity (Wildman–Crippen MR) is 72.0 cm³/mol. The van der Waals surface area contributed by atoms with E-state index in [4.69, 9.17) is 11.0 Å². The molecule has 1 rings (SSSR count). The summed E-state index contributed by atoms with van der Waals surface area (Å²) < 4.78 is 0. The van der Waals surface area contributed by atoms with Crippen LogP contribution in [0, 0.1) is 23.7 Å². The molecular weight excluding hydrogens is 210 g/mol. The van der Waals surface area contributed by atoms with Gasteiger partial charge in [-0.2, -0.15) is 5.26 Å². The highest BCUT2D eigenvalue weighted by molar-refractivity contribution is 5.53. The molecule has 1 aromatic carbocycles. The van der Waals surface area contributed by atoms with Crippen molar-refractivity contribution in [1.82, 2.24) is 0 Å². The van der Waals surface area contributed by atoms with Gasteiger partial charge in [-0.3, -0.25) is 0 Å². The van der Waals surface area contributed by atoms with Crippen molar-refractivity contribution >= 4 is 5.69 Å². The van der Waals surface area contributed by atoms with Gasteiger partial charge in [-0.25, -0.2) is 0 Å². The Labute approximate surface area is 104 Å². The lowest BCUT2D eigenvalue weighted by Gasteiger charge is -2.30. The lowest BCUT2D eigenvalue weighted by molar-refractivity contribution is 0.385. The maximum absolute atomic E-state index is 8.89. The zero-order valence-electron chi connectivity index (χ0n) is 11.1. The van der Waals surface area contributed by atoms with Gasteiger partial charge in [0.1, 0.15) is 0 Å². The minimum Gasteiger partial charge on any atom is -0.374 e. The normalized spacial score (nSPS) is 11.1. The quantitative estimate of drug-likeness (QED) is 0.865. The van der Waals surface area contributed by atoms with E-state index in [1.165, 1.54) is 0 Å². The number of hydrogen-bond donors (Lipinski definition) is 1. The Balaban J connectivity index is 2.87. The first-order valence-electron chi connectivity index (χ1n) is 5.81. The molecule has 0 atom stereocenters. The third-order valence-electron chi connectivity index (χ3n) is 2.99. The van der Waals surface area contributed by atoms with E-state index in [2.05, 4.69) is 31.9 Å². The smallest absolute Gasteiger partial charge is 0.0994 e. The summed E-state index contributed by atoms with van der Waals surface area (Å²) in [6.45, 7) is 7.82. The fourth-order valence-corrected chi connectivity index (χ4v) is 1.81.